The molecular formula is C8H13O4P. The molecular weight excluding hydrogens is 191 g/mol. The van der Waals surface area contributed by atoms with Crippen LogP contribution in [-0.4, -0.2) is 16.4 Å². The van der Waals surface area contributed by atoms with Crippen LogP contribution in [0.2, 0.25) is 0 Å². The first-order chi connectivity index (χ1) is 6.06. The minimum atomic E-state index is -4.35. The summed E-state index contributed by atoms with van der Waals surface area (Å²) in [4.78, 5) is 16.5. The van der Waals surface area contributed by atoms with Gasteiger partial charge < -0.3 is 9.79 Å². The van der Waals surface area contributed by atoms with Crippen molar-refractivity contribution in [3.8, 4) is 11.8 Å². The maximum absolute atomic E-state index is 10.2. The molecule has 74 valence electrons. The quantitative estimate of drug-likeness (QED) is 0.413. The molecule has 5 heteroatoms. The molecule has 0 saturated carbocycles. The second-order valence-electron chi connectivity index (χ2n) is 2.20. The van der Waals surface area contributed by atoms with Gasteiger partial charge in [0.1, 0.15) is 6.61 Å². The summed E-state index contributed by atoms with van der Waals surface area (Å²) in [5, 5.41) is 0. The Bertz CT molecular complexity index is 255. The standard InChI is InChI=1S/C8H13O4P/c1-2-3-4-5-6-7-8-12-13(9,10)11/h3-4H,2,5,8H2,1H3,(H2,9,10,11). The van der Waals surface area contributed by atoms with E-state index in [0.717, 1.165) is 6.42 Å². The lowest BCUT2D eigenvalue weighted by molar-refractivity contribution is 0.218. The van der Waals surface area contributed by atoms with Gasteiger partial charge in [0, 0.05) is 6.42 Å². The number of hydrogen-bond acceptors (Lipinski definition) is 2. The number of rotatable bonds is 4. The first-order valence-corrected chi connectivity index (χ1v) is 5.40. The Balaban J connectivity index is 3.52. The third-order valence-corrected chi connectivity index (χ3v) is 1.52. The molecule has 0 aliphatic rings. The third-order valence-electron chi connectivity index (χ3n) is 1.05. The van der Waals surface area contributed by atoms with Gasteiger partial charge in [0.05, 0.1) is 0 Å². The van der Waals surface area contributed by atoms with E-state index in [9.17, 15) is 4.57 Å². The fourth-order valence-corrected chi connectivity index (χ4v) is 0.781. The molecule has 0 aliphatic carbocycles. The predicted molar refractivity (Wildman–Crippen MR) is 49.8 cm³/mol. The molecule has 0 unspecified atom stereocenters. The zero-order chi connectivity index (χ0) is 10.2. The third kappa shape index (κ3) is 11.4. The van der Waals surface area contributed by atoms with Crippen molar-refractivity contribution < 1.29 is 18.9 Å². The Labute approximate surface area is 77.9 Å². The Morgan fingerprint density at radius 1 is 1.38 bits per heavy atom. The maximum atomic E-state index is 10.2. The molecule has 0 aromatic heterocycles. The Morgan fingerprint density at radius 2 is 2.08 bits per heavy atom. The second kappa shape index (κ2) is 6.88. The van der Waals surface area contributed by atoms with E-state index in [4.69, 9.17) is 9.79 Å². The van der Waals surface area contributed by atoms with Gasteiger partial charge in [-0.25, -0.2) is 4.57 Å². The molecule has 2 N–H and O–H groups in total. The molecule has 0 aromatic rings. The van der Waals surface area contributed by atoms with Crippen molar-refractivity contribution in [2.45, 2.75) is 19.8 Å². The van der Waals surface area contributed by atoms with Crippen LogP contribution in [0.1, 0.15) is 19.8 Å². The molecule has 0 radical (unpaired) electrons. The van der Waals surface area contributed by atoms with E-state index in [2.05, 4.69) is 16.4 Å². The summed E-state index contributed by atoms with van der Waals surface area (Å²) in [6, 6.07) is 0. The molecule has 0 aliphatic heterocycles. The van der Waals surface area contributed by atoms with E-state index in [1.807, 2.05) is 19.1 Å². The highest BCUT2D eigenvalue weighted by atomic mass is 31.2. The van der Waals surface area contributed by atoms with Crippen molar-refractivity contribution in [2.24, 2.45) is 0 Å². The molecule has 4 nitrogen and oxygen atoms in total. The van der Waals surface area contributed by atoms with Gasteiger partial charge in [-0.3, -0.25) is 4.52 Å². The molecule has 0 rings (SSSR count). The average Bonchev–Trinajstić information content (AvgIpc) is 2.01. The lowest BCUT2D eigenvalue weighted by Gasteiger charge is -1.98. The average molecular weight is 204 g/mol. The zero-order valence-corrected chi connectivity index (χ0v) is 8.33. The second-order valence-corrected chi connectivity index (χ2v) is 3.44. The molecule has 0 bridgehead atoms. The van der Waals surface area contributed by atoms with Crippen LogP contribution >= 0.6 is 7.82 Å². The van der Waals surface area contributed by atoms with Crippen LogP contribution in [0.15, 0.2) is 12.2 Å². The highest BCUT2D eigenvalue weighted by Gasteiger charge is 2.11. The summed E-state index contributed by atoms with van der Waals surface area (Å²) < 4.78 is 14.3. The monoisotopic (exact) mass is 204 g/mol. The molecule has 0 heterocycles. The molecule has 13 heavy (non-hydrogen) atoms. The van der Waals surface area contributed by atoms with Crippen LogP contribution in [-0.2, 0) is 9.09 Å². The maximum Gasteiger partial charge on any atom is 0.470 e. The van der Waals surface area contributed by atoms with Crippen molar-refractivity contribution >= 4 is 7.82 Å². The Hall–Kier alpha value is -0.590. The molecule has 0 fully saturated rings. The van der Waals surface area contributed by atoms with Crippen molar-refractivity contribution in [3.05, 3.63) is 12.2 Å². The van der Waals surface area contributed by atoms with Crippen molar-refractivity contribution in [1.82, 2.24) is 0 Å². The van der Waals surface area contributed by atoms with Crippen LogP contribution in [0.25, 0.3) is 0 Å². The van der Waals surface area contributed by atoms with Crippen LogP contribution in [0.4, 0.5) is 0 Å². The van der Waals surface area contributed by atoms with Crippen LogP contribution in [0.5, 0.6) is 0 Å². The topological polar surface area (TPSA) is 66.8 Å². The first-order valence-electron chi connectivity index (χ1n) is 3.87. The predicted octanol–water partition coefficient (Wildman–Crippen LogP) is 1.46. The van der Waals surface area contributed by atoms with Crippen molar-refractivity contribution in [1.29, 1.82) is 0 Å². The van der Waals surface area contributed by atoms with Crippen LogP contribution in [0, 0.1) is 11.8 Å². The summed E-state index contributed by atoms with van der Waals surface area (Å²) >= 11 is 0. The molecule has 0 spiro atoms. The Kier molecular flexibility index (Phi) is 6.56. The first kappa shape index (κ1) is 12.4. The number of allylic oxidation sites excluding steroid dienone is 2. The fourth-order valence-electron chi connectivity index (χ4n) is 0.548. The summed E-state index contributed by atoms with van der Waals surface area (Å²) in [7, 11) is -4.35. The van der Waals surface area contributed by atoms with Gasteiger partial charge in [-0.1, -0.05) is 30.9 Å². The van der Waals surface area contributed by atoms with Gasteiger partial charge in [0.25, 0.3) is 0 Å². The van der Waals surface area contributed by atoms with E-state index in [1.54, 1.807) is 0 Å². The number of phosphoric ester groups is 1. The van der Waals surface area contributed by atoms with Crippen molar-refractivity contribution in [3.63, 3.8) is 0 Å². The summed E-state index contributed by atoms with van der Waals surface area (Å²) in [6.45, 7) is 1.78. The zero-order valence-electron chi connectivity index (χ0n) is 7.43. The molecule has 0 amide bonds. The van der Waals surface area contributed by atoms with Gasteiger partial charge in [0.2, 0.25) is 0 Å². The molecule has 0 atom stereocenters. The lowest BCUT2D eigenvalue weighted by atomic mass is 10.3. The van der Waals surface area contributed by atoms with E-state index in [0.29, 0.717) is 6.42 Å². The van der Waals surface area contributed by atoms with Gasteiger partial charge in [-0.05, 0) is 6.42 Å². The minimum Gasteiger partial charge on any atom is -0.303 e. The normalized spacial score (nSPS) is 11.3. The number of phosphoric acid groups is 1. The van der Waals surface area contributed by atoms with E-state index >= 15 is 0 Å². The number of hydrogen-bond donors (Lipinski definition) is 2. The van der Waals surface area contributed by atoms with Crippen molar-refractivity contribution in [2.75, 3.05) is 6.61 Å². The minimum absolute atomic E-state index is 0.232. The van der Waals surface area contributed by atoms with E-state index in [1.165, 1.54) is 0 Å². The summed E-state index contributed by atoms with van der Waals surface area (Å²) in [6.07, 6.45) is 5.40. The molecule has 0 aromatic carbocycles. The Morgan fingerprint density at radius 3 is 2.62 bits per heavy atom. The van der Waals surface area contributed by atoms with Crippen LogP contribution in [0.3, 0.4) is 0 Å². The van der Waals surface area contributed by atoms with Gasteiger partial charge in [0.15, 0.2) is 0 Å². The highest BCUT2D eigenvalue weighted by Crippen LogP contribution is 2.34. The van der Waals surface area contributed by atoms with Gasteiger partial charge in [-0.2, -0.15) is 0 Å². The van der Waals surface area contributed by atoms with Crippen LogP contribution < -0.4 is 0 Å². The SMILES string of the molecule is CCC=CCC#CCOP(=O)(O)O. The highest BCUT2D eigenvalue weighted by molar-refractivity contribution is 7.46. The smallest absolute Gasteiger partial charge is 0.303 e. The van der Waals surface area contributed by atoms with Gasteiger partial charge in [-0.15, -0.1) is 0 Å². The van der Waals surface area contributed by atoms with E-state index < -0.39 is 7.82 Å². The van der Waals surface area contributed by atoms with Gasteiger partial charge >= 0.3 is 7.82 Å². The lowest BCUT2D eigenvalue weighted by Crippen LogP contribution is -1.87. The largest absolute Gasteiger partial charge is 0.470 e. The summed E-state index contributed by atoms with van der Waals surface area (Å²) in [5.41, 5.74) is 0. The summed E-state index contributed by atoms with van der Waals surface area (Å²) in [5.74, 6) is 5.17. The van der Waals surface area contributed by atoms with E-state index in [-0.39, 0.29) is 6.61 Å². The fraction of sp³-hybridized carbons (Fsp3) is 0.500. The molecule has 0 saturated heterocycles.